The lowest BCUT2D eigenvalue weighted by atomic mass is 10.3. The fraction of sp³-hybridized carbons (Fsp3) is 0.200. The van der Waals surface area contributed by atoms with Gasteiger partial charge in [0.15, 0.2) is 5.82 Å². The van der Waals surface area contributed by atoms with Gasteiger partial charge in [-0.25, -0.2) is 18.4 Å². The number of halogens is 1. The summed E-state index contributed by atoms with van der Waals surface area (Å²) in [7, 11) is 1.50. The van der Waals surface area contributed by atoms with Gasteiger partial charge in [-0.1, -0.05) is 18.2 Å². The van der Waals surface area contributed by atoms with Crippen LogP contribution in [0.15, 0.2) is 35.1 Å². The normalized spacial score (nSPS) is 10.5. The van der Waals surface area contributed by atoms with E-state index in [0.29, 0.717) is 5.69 Å². The Hall–Kier alpha value is -1.91. The van der Waals surface area contributed by atoms with E-state index in [1.807, 2.05) is 6.07 Å². The number of alkyl halides is 1. The minimum absolute atomic E-state index is 0.119. The molecule has 1 aromatic carbocycles. The van der Waals surface area contributed by atoms with Gasteiger partial charge in [0.05, 0.1) is 5.69 Å². The fourth-order valence-corrected chi connectivity index (χ4v) is 1.44. The number of benzene rings is 1. The summed E-state index contributed by atoms with van der Waals surface area (Å²) in [6.07, 6.45) is 0. The first-order chi connectivity index (χ1) is 7.24. The van der Waals surface area contributed by atoms with E-state index >= 15 is 0 Å². The third-order valence-corrected chi connectivity index (χ3v) is 2.13. The largest absolute Gasteiger partial charge is 0.350 e. The van der Waals surface area contributed by atoms with Crippen LogP contribution in [-0.4, -0.2) is 14.3 Å². The molecular formula is C10H10FN3O. The highest BCUT2D eigenvalue weighted by Gasteiger charge is 2.11. The number of para-hydroxylation sites is 1. The standard InChI is InChI=1S/C10H10FN3O/c1-13-10(15)14(9(7-11)12-13)8-5-3-2-4-6-8/h2-6H,7H2,1H3. The monoisotopic (exact) mass is 207 g/mol. The van der Waals surface area contributed by atoms with Crippen molar-refractivity contribution in [2.24, 2.45) is 7.05 Å². The van der Waals surface area contributed by atoms with Crippen molar-refractivity contribution < 1.29 is 4.39 Å². The lowest BCUT2D eigenvalue weighted by Gasteiger charge is -2.01. The first-order valence-electron chi connectivity index (χ1n) is 4.50. The van der Waals surface area contributed by atoms with Crippen LogP contribution < -0.4 is 5.69 Å². The van der Waals surface area contributed by atoms with Gasteiger partial charge in [0.2, 0.25) is 0 Å². The van der Waals surface area contributed by atoms with Gasteiger partial charge in [-0.15, -0.1) is 0 Å². The van der Waals surface area contributed by atoms with Gasteiger partial charge < -0.3 is 0 Å². The zero-order chi connectivity index (χ0) is 10.8. The maximum atomic E-state index is 12.6. The second-order valence-electron chi connectivity index (χ2n) is 3.13. The van der Waals surface area contributed by atoms with Crippen molar-refractivity contribution in [3.63, 3.8) is 0 Å². The molecule has 2 rings (SSSR count). The van der Waals surface area contributed by atoms with E-state index < -0.39 is 6.67 Å². The Morgan fingerprint density at radius 2 is 2.00 bits per heavy atom. The summed E-state index contributed by atoms with van der Waals surface area (Å²) >= 11 is 0. The van der Waals surface area contributed by atoms with Crippen LogP contribution in [0.3, 0.4) is 0 Å². The molecule has 1 heterocycles. The minimum atomic E-state index is -0.759. The second kappa shape index (κ2) is 3.68. The number of aryl methyl sites for hydroxylation is 1. The number of nitrogens with zero attached hydrogens (tertiary/aromatic N) is 3. The summed E-state index contributed by atoms with van der Waals surface area (Å²) in [4.78, 5) is 11.6. The molecule has 78 valence electrons. The van der Waals surface area contributed by atoms with Crippen molar-refractivity contribution in [2.45, 2.75) is 6.67 Å². The molecule has 0 N–H and O–H groups in total. The molecule has 0 atom stereocenters. The SMILES string of the molecule is Cn1nc(CF)n(-c2ccccc2)c1=O. The third kappa shape index (κ3) is 1.56. The van der Waals surface area contributed by atoms with Crippen molar-refractivity contribution in [1.29, 1.82) is 0 Å². The van der Waals surface area contributed by atoms with Crippen LogP contribution in [0.25, 0.3) is 5.69 Å². The number of aromatic nitrogens is 3. The first-order valence-corrected chi connectivity index (χ1v) is 4.50. The van der Waals surface area contributed by atoms with E-state index in [1.165, 1.54) is 11.6 Å². The van der Waals surface area contributed by atoms with E-state index in [9.17, 15) is 9.18 Å². The molecule has 0 fully saturated rings. The molecule has 4 nitrogen and oxygen atoms in total. The highest BCUT2D eigenvalue weighted by molar-refractivity contribution is 5.31. The first kappa shape index (κ1) is 9.64. The van der Waals surface area contributed by atoms with Crippen molar-refractivity contribution in [3.05, 3.63) is 46.6 Å². The van der Waals surface area contributed by atoms with Crippen molar-refractivity contribution >= 4 is 0 Å². The second-order valence-corrected chi connectivity index (χ2v) is 3.13. The fourth-order valence-electron chi connectivity index (χ4n) is 1.44. The molecule has 1 aromatic heterocycles. The maximum Gasteiger partial charge on any atom is 0.350 e. The number of hydrogen-bond donors (Lipinski definition) is 0. The molecule has 0 unspecified atom stereocenters. The van der Waals surface area contributed by atoms with Gasteiger partial charge in [0.25, 0.3) is 0 Å². The predicted octanol–water partition coefficient (Wildman–Crippen LogP) is 1.04. The van der Waals surface area contributed by atoms with Crippen LogP contribution in [0.2, 0.25) is 0 Å². The van der Waals surface area contributed by atoms with Crippen molar-refractivity contribution in [3.8, 4) is 5.69 Å². The van der Waals surface area contributed by atoms with E-state index in [1.54, 1.807) is 24.3 Å². The van der Waals surface area contributed by atoms with Crippen LogP contribution in [0.4, 0.5) is 4.39 Å². The summed E-state index contributed by atoms with van der Waals surface area (Å²) in [6, 6.07) is 8.89. The molecule has 0 aliphatic heterocycles. The number of hydrogen-bond acceptors (Lipinski definition) is 2. The zero-order valence-electron chi connectivity index (χ0n) is 8.22. The van der Waals surface area contributed by atoms with Crippen LogP contribution in [0, 0.1) is 0 Å². The molecule has 2 aromatic rings. The topological polar surface area (TPSA) is 39.8 Å². The Morgan fingerprint density at radius 1 is 1.33 bits per heavy atom. The predicted molar refractivity (Wildman–Crippen MR) is 53.6 cm³/mol. The third-order valence-electron chi connectivity index (χ3n) is 2.13. The summed E-state index contributed by atoms with van der Waals surface area (Å²) in [6.45, 7) is -0.759. The van der Waals surface area contributed by atoms with Gasteiger partial charge in [0, 0.05) is 7.05 Å². The van der Waals surface area contributed by atoms with Crippen molar-refractivity contribution in [1.82, 2.24) is 14.3 Å². The summed E-state index contributed by atoms with van der Waals surface area (Å²) in [5, 5.41) is 3.80. The summed E-state index contributed by atoms with van der Waals surface area (Å²) < 4.78 is 15.0. The van der Waals surface area contributed by atoms with Gasteiger partial charge in [-0.3, -0.25) is 0 Å². The molecular weight excluding hydrogens is 197 g/mol. The summed E-state index contributed by atoms with van der Waals surface area (Å²) in [5.41, 5.74) is 0.289. The summed E-state index contributed by atoms with van der Waals surface area (Å²) in [5.74, 6) is 0.119. The molecule has 5 heteroatoms. The smallest absolute Gasteiger partial charge is 0.246 e. The van der Waals surface area contributed by atoms with E-state index in [-0.39, 0.29) is 11.5 Å². The zero-order valence-corrected chi connectivity index (χ0v) is 8.22. The molecule has 0 aliphatic carbocycles. The Kier molecular flexibility index (Phi) is 2.37. The Balaban J connectivity index is 2.67. The van der Waals surface area contributed by atoms with E-state index in [2.05, 4.69) is 5.10 Å². The minimum Gasteiger partial charge on any atom is -0.246 e. The van der Waals surface area contributed by atoms with Gasteiger partial charge in [-0.2, -0.15) is 5.10 Å². The van der Waals surface area contributed by atoms with Gasteiger partial charge in [0.1, 0.15) is 6.67 Å². The Morgan fingerprint density at radius 3 is 2.60 bits per heavy atom. The Labute approximate surface area is 85.6 Å². The highest BCUT2D eigenvalue weighted by atomic mass is 19.1. The number of rotatable bonds is 2. The lowest BCUT2D eigenvalue weighted by molar-refractivity contribution is 0.457. The quantitative estimate of drug-likeness (QED) is 0.738. The maximum absolute atomic E-state index is 12.6. The highest BCUT2D eigenvalue weighted by Crippen LogP contribution is 2.07. The van der Waals surface area contributed by atoms with Crippen LogP contribution in [-0.2, 0) is 13.7 Å². The molecule has 0 saturated heterocycles. The molecule has 0 spiro atoms. The molecule has 0 saturated carbocycles. The van der Waals surface area contributed by atoms with E-state index in [0.717, 1.165) is 4.68 Å². The van der Waals surface area contributed by atoms with Gasteiger partial charge in [-0.05, 0) is 12.1 Å². The average Bonchev–Trinajstić information content (AvgIpc) is 2.56. The van der Waals surface area contributed by atoms with Gasteiger partial charge >= 0.3 is 5.69 Å². The Bertz CT molecular complexity index is 515. The molecule has 0 aliphatic rings. The van der Waals surface area contributed by atoms with E-state index in [4.69, 9.17) is 0 Å². The lowest BCUT2D eigenvalue weighted by Crippen LogP contribution is -2.21. The van der Waals surface area contributed by atoms with Crippen LogP contribution >= 0.6 is 0 Å². The molecule has 0 bridgehead atoms. The average molecular weight is 207 g/mol. The molecule has 15 heavy (non-hydrogen) atoms. The van der Waals surface area contributed by atoms with Crippen LogP contribution in [0.1, 0.15) is 5.82 Å². The van der Waals surface area contributed by atoms with Crippen molar-refractivity contribution in [2.75, 3.05) is 0 Å². The molecule has 0 radical (unpaired) electrons. The van der Waals surface area contributed by atoms with Crippen LogP contribution in [0.5, 0.6) is 0 Å². The molecule has 0 amide bonds.